The van der Waals surface area contributed by atoms with E-state index in [-0.39, 0.29) is 23.6 Å². The van der Waals surface area contributed by atoms with Gasteiger partial charge in [0, 0.05) is 29.6 Å². The molecule has 1 aliphatic carbocycles. The molecule has 2 amide bonds. The monoisotopic (exact) mass is 386 g/mol. The Morgan fingerprint density at radius 3 is 2.48 bits per heavy atom. The first-order valence-corrected chi connectivity index (χ1v) is 9.78. The molecule has 146 valence electrons. The summed E-state index contributed by atoms with van der Waals surface area (Å²) in [4.78, 5) is 33.4. The summed E-state index contributed by atoms with van der Waals surface area (Å²) >= 11 is 0. The molecule has 2 aromatic heterocycles. The van der Waals surface area contributed by atoms with Crippen LogP contribution in [-0.2, 0) is 0 Å². The van der Waals surface area contributed by atoms with Crippen molar-refractivity contribution in [1.29, 1.82) is 0 Å². The fourth-order valence-corrected chi connectivity index (χ4v) is 3.53. The third-order valence-corrected chi connectivity index (χ3v) is 5.05. The summed E-state index contributed by atoms with van der Waals surface area (Å²) in [6.45, 7) is 0. The van der Waals surface area contributed by atoms with E-state index >= 15 is 0 Å². The van der Waals surface area contributed by atoms with Crippen LogP contribution >= 0.6 is 0 Å². The number of amides is 2. The molecule has 0 unspecified atom stereocenters. The lowest BCUT2D eigenvalue weighted by atomic mass is 10.1. The predicted molar refractivity (Wildman–Crippen MR) is 112 cm³/mol. The summed E-state index contributed by atoms with van der Waals surface area (Å²) in [6.07, 6.45) is 9.10. The predicted octanol–water partition coefficient (Wildman–Crippen LogP) is 4.07. The van der Waals surface area contributed by atoms with Gasteiger partial charge in [0.2, 0.25) is 0 Å². The van der Waals surface area contributed by atoms with Gasteiger partial charge in [0.25, 0.3) is 11.8 Å². The number of hydrogen-bond donors (Lipinski definition) is 2. The molecule has 1 fully saturated rings. The number of hydrogen-bond acceptors (Lipinski definition) is 4. The molecule has 2 N–H and O–H groups in total. The van der Waals surface area contributed by atoms with Crippen molar-refractivity contribution < 1.29 is 9.59 Å². The number of benzene rings is 1. The third kappa shape index (κ3) is 4.66. The Morgan fingerprint density at radius 1 is 0.897 bits per heavy atom. The Labute approximate surface area is 169 Å². The zero-order valence-corrected chi connectivity index (χ0v) is 16.0. The normalized spacial score (nSPS) is 13.8. The molecule has 0 saturated heterocycles. The molecule has 0 aliphatic heterocycles. The lowest BCUT2D eigenvalue weighted by Gasteiger charge is -2.12. The van der Waals surface area contributed by atoms with Crippen LogP contribution in [0.2, 0.25) is 0 Å². The van der Waals surface area contributed by atoms with E-state index in [2.05, 4.69) is 20.6 Å². The number of anilines is 1. The number of nitrogens with zero attached hydrogens (tertiary/aromatic N) is 2. The Morgan fingerprint density at radius 2 is 1.69 bits per heavy atom. The summed E-state index contributed by atoms with van der Waals surface area (Å²) < 4.78 is 0. The number of carbonyl (C=O) groups is 2. The third-order valence-electron chi connectivity index (χ3n) is 5.05. The number of rotatable bonds is 5. The Kier molecular flexibility index (Phi) is 5.61. The number of aromatic nitrogens is 2. The van der Waals surface area contributed by atoms with Gasteiger partial charge in [0.05, 0.1) is 11.9 Å². The minimum Gasteiger partial charge on any atom is -0.348 e. The maximum Gasteiger partial charge on any atom is 0.270 e. The second-order valence-corrected chi connectivity index (χ2v) is 7.17. The summed E-state index contributed by atoms with van der Waals surface area (Å²) in [5, 5.41) is 5.84. The van der Waals surface area contributed by atoms with Crippen molar-refractivity contribution in [3.8, 4) is 11.1 Å². The van der Waals surface area contributed by atoms with Crippen LogP contribution in [0.3, 0.4) is 0 Å². The highest BCUT2D eigenvalue weighted by atomic mass is 16.2. The number of pyridine rings is 2. The van der Waals surface area contributed by atoms with Gasteiger partial charge in [-0.3, -0.25) is 19.6 Å². The standard InChI is InChI=1S/C23H22N4O2/c28-22(27-20-12-18(14-24-15-20)16-6-2-1-3-7-16)17-10-11-25-21(13-17)23(29)26-19-8-4-5-9-19/h1-3,6-7,10-15,19H,4-5,8-9H2,(H,26,29)(H,27,28). The minimum absolute atomic E-state index is 0.202. The summed E-state index contributed by atoms with van der Waals surface area (Å²) in [5.74, 6) is -0.548. The Bertz CT molecular complexity index is 1010. The molecule has 6 heteroatoms. The van der Waals surface area contributed by atoms with Gasteiger partial charge >= 0.3 is 0 Å². The highest BCUT2D eigenvalue weighted by Gasteiger charge is 2.19. The average molecular weight is 386 g/mol. The molecule has 0 atom stereocenters. The zero-order chi connectivity index (χ0) is 20.1. The van der Waals surface area contributed by atoms with Crippen LogP contribution in [0.25, 0.3) is 11.1 Å². The Hall–Kier alpha value is -3.54. The molecule has 4 rings (SSSR count). The summed E-state index contributed by atoms with van der Waals surface area (Å²) in [5.41, 5.74) is 3.15. The second-order valence-electron chi connectivity index (χ2n) is 7.17. The van der Waals surface area contributed by atoms with E-state index < -0.39 is 0 Å². The first kappa shape index (κ1) is 18.8. The SMILES string of the molecule is O=C(Nc1cncc(-c2ccccc2)c1)c1ccnc(C(=O)NC2CCCC2)c1. The van der Waals surface area contributed by atoms with Crippen molar-refractivity contribution in [2.75, 3.05) is 5.32 Å². The molecule has 1 saturated carbocycles. The molecule has 0 spiro atoms. The van der Waals surface area contributed by atoms with Crippen LogP contribution in [-0.4, -0.2) is 27.8 Å². The van der Waals surface area contributed by atoms with Crippen molar-refractivity contribution in [3.63, 3.8) is 0 Å². The van der Waals surface area contributed by atoms with Crippen LogP contribution in [0, 0.1) is 0 Å². The van der Waals surface area contributed by atoms with E-state index in [1.54, 1.807) is 18.5 Å². The largest absolute Gasteiger partial charge is 0.348 e. The minimum atomic E-state index is -0.311. The topological polar surface area (TPSA) is 84.0 Å². The van der Waals surface area contributed by atoms with Gasteiger partial charge in [-0.2, -0.15) is 0 Å². The van der Waals surface area contributed by atoms with Crippen LogP contribution in [0.15, 0.2) is 67.1 Å². The number of nitrogens with one attached hydrogen (secondary N) is 2. The molecular weight excluding hydrogens is 364 g/mol. The van der Waals surface area contributed by atoms with Crippen LogP contribution < -0.4 is 10.6 Å². The molecule has 2 heterocycles. The zero-order valence-electron chi connectivity index (χ0n) is 16.0. The average Bonchev–Trinajstić information content (AvgIpc) is 3.28. The fraction of sp³-hybridized carbons (Fsp3) is 0.217. The molecule has 1 aliphatic rings. The van der Waals surface area contributed by atoms with E-state index in [0.717, 1.165) is 36.8 Å². The van der Waals surface area contributed by atoms with Gasteiger partial charge in [0.15, 0.2) is 0 Å². The van der Waals surface area contributed by atoms with Crippen molar-refractivity contribution >= 4 is 17.5 Å². The van der Waals surface area contributed by atoms with Gasteiger partial charge in [0.1, 0.15) is 5.69 Å². The van der Waals surface area contributed by atoms with Gasteiger partial charge in [-0.05, 0) is 36.6 Å². The van der Waals surface area contributed by atoms with Crippen LogP contribution in [0.1, 0.15) is 46.5 Å². The van der Waals surface area contributed by atoms with E-state index in [4.69, 9.17) is 0 Å². The van der Waals surface area contributed by atoms with Gasteiger partial charge in [-0.15, -0.1) is 0 Å². The van der Waals surface area contributed by atoms with E-state index in [0.29, 0.717) is 11.3 Å². The van der Waals surface area contributed by atoms with Gasteiger partial charge < -0.3 is 10.6 Å². The molecule has 1 aromatic carbocycles. The van der Waals surface area contributed by atoms with Crippen LogP contribution in [0.4, 0.5) is 5.69 Å². The molecular formula is C23H22N4O2. The first-order chi connectivity index (χ1) is 14.2. The van der Waals surface area contributed by atoms with Crippen molar-refractivity contribution in [2.45, 2.75) is 31.7 Å². The van der Waals surface area contributed by atoms with Crippen molar-refractivity contribution in [2.24, 2.45) is 0 Å². The maximum atomic E-state index is 12.7. The first-order valence-electron chi connectivity index (χ1n) is 9.78. The quantitative estimate of drug-likeness (QED) is 0.692. The maximum absolute atomic E-state index is 12.7. The molecule has 0 bridgehead atoms. The summed E-state index contributed by atoms with van der Waals surface area (Å²) in [7, 11) is 0. The Balaban J connectivity index is 1.47. The lowest BCUT2D eigenvalue weighted by molar-refractivity contribution is 0.0933. The molecule has 6 nitrogen and oxygen atoms in total. The van der Waals surface area contributed by atoms with Crippen molar-refractivity contribution in [3.05, 3.63) is 78.4 Å². The second kappa shape index (κ2) is 8.65. The smallest absolute Gasteiger partial charge is 0.270 e. The van der Waals surface area contributed by atoms with Gasteiger partial charge in [-0.25, -0.2) is 0 Å². The van der Waals surface area contributed by atoms with E-state index in [1.807, 2.05) is 36.4 Å². The van der Waals surface area contributed by atoms with Crippen LogP contribution in [0.5, 0.6) is 0 Å². The van der Waals surface area contributed by atoms with Crippen molar-refractivity contribution in [1.82, 2.24) is 15.3 Å². The molecule has 3 aromatic rings. The number of carbonyl (C=O) groups excluding carboxylic acids is 2. The highest BCUT2D eigenvalue weighted by Crippen LogP contribution is 2.21. The lowest BCUT2D eigenvalue weighted by Crippen LogP contribution is -2.33. The molecule has 29 heavy (non-hydrogen) atoms. The summed E-state index contributed by atoms with van der Waals surface area (Å²) in [6, 6.07) is 15.0. The fourth-order valence-electron chi connectivity index (χ4n) is 3.53. The highest BCUT2D eigenvalue weighted by molar-refractivity contribution is 6.05. The van der Waals surface area contributed by atoms with E-state index in [9.17, 15) is 9.59 Å². The van der Waals surface area contributed by atoms with E-state index in [1.165, 1.54) is 12.3 Å². The van der Waals surface area contributed by atoms with Gasteiger partial charge in [-0.1, -0.05) is 43.2 Å². The molecule has 0 radical (unpaired) electrons.